The van der Waals surface area contributed by atoms with Crippen LogP contribution in [0.5, 0.6) is 0 Å². The zero-order valence-electron chi connectivity index (χ0n) is 17.9. The van der Waals surface area contributed by atoms with Crippen molar-refractivity contribution in [2.45, 2.75) is 64.1 Å². The molecule has 3 heterocycles. The molecule has 1 aliphatic carbocycles. The van der Waals surface area contributed by atoms with Crippen LogP contribution < -0.4 is 10.6 Å². The topological polar surface area (TPSA) is 98.1 Å². The number of rotatable bonds is 5. The minimum Gasteiger partial charge on any atom is -0.381 e. The fourth-order valence-corrected chi connectivity index (χ4v) is 4.82. The first-order valence-corrected chi connectivity index (χ1v) is 11.1. The summed E-state index contributed by atoms with van der Waals surface area (Å²) in [6, 6.07) is 1.85. The molecule has 0 radical (unpaired) electrons. The smallest absolute Gasteiger partial charge is 0.228 e. The van der Waals surface area contributed by atoms with Crippen LogP contribution in [0.15, 0.2) is 18.5 Å². The van der Waals surface area contributed by atoms with Crippen molar-refractivity contribution in [1.82, 2.24) is 20.1 Å². The Morgan fingerprint density at radius 1 is 1.23 bits per heavy atom. The average Bonchev–Trinajstić information content (AvgIpc) is 3.17. The third-order valence-corrected chi connectivity index (χ3v) is 6.52. The molecule has 9 heteroatoms. The van der Waals surface area contributed by atoms with Gasteiger partial charge < -0.3 is 15.4 Å². The maximum atomic E-state index is 12.9. The number of carbonyl (C=O) groups is 2. The molecule has 1 unspecified atom stereocenters. The van der Waals surface area contributed by atoms with E-state index in [0.717, 1.165) is 55.5 Å². The van der Waals surface area contributed by atoms with Crippen LogP contribution in [0.3, 0.4) is 0 Å². The Labute approximate surface area is 186 Å². The standard InChI is InChI=1S/C22H28ClN5O3/c1-13(29)26-15-5-3-4-14(8-15)22(30)27-21-10-17(19(23)12-24-21)18-11-25-28-7-6-16(31-2)9-20(18)28/h10-12,14-16H,3-9H2,1-2H3,(H,26,29)(H,24,27,30)/t14-,15+,16?/m0/s1. The predicted molar refractivity (Wildman–Crippen MR) is 118 cm³/mol. The summed E-state index contributed by atoms with van der Waals surface area (Å²) in [6.45, 7) is 2.31. The van der Waals surface area contributed by atoms with Crippen LogP contribution in [-0.2, 0) is 27.3 Å². The lowest BCUT2D eigenvalue weighted by atomic mass is 9.85. The molecule has 2 aliphatic rings. The summed E-state index contributed by atoms with van der Waals surface area (Å²) in [7, 11) is 1.73. The Bertz CT molecular complexity index is 976. The lowest BCUT2D eigenvalue weighted by Gasteiger charge is -2.28. The van der Waals surface area contributed by atoms with Gasteiger partial charge in [0.1, 0.15) is 5.82 Å². The van der Waals surface area contributed by atoms with E-state index in [1.54, 1.807) is 13.3 Å². The van der Waals surface area contributed by atoms with E-state index in [-0.39, 0.29) is 29.9 Å². The summed E-state index contributed by atoms with van der Waals surface area (Å²) < 4.78 is 7.54. The Kier molecular flexibility index (Phi) is 6.57. The van der Waals surface area contributed by atoms with E-state index < -0.39 is 0 Å². The van der Waals surface area contributed by atoms with Crippen LogP contribution in [0.25, 0.3) is 11.1 Å². The molecule has 3 atom stereocenters. The highest BCUT2D eigenvalue weighted by molar-refractivity contribution is 6.33. The molecule has 0 saturated heterocycles. The van der Waals surface area contributed by atoms with E-state index in [4.69, 9.17) is 16.3 Å². The number of anilines is 1. The molecule has 0 spiro atoms. The second-order valence-electron chi connectivity index (χ2n) is 8.38. The number of aromatic nitrogens is 3. The summed E-state index contributed by atoms with van der Waals surface area (Å²) in [5.41, 5.74) is 2.81. The summed E-state index contributed by atoms with van der Waals surface area (Å²) in [6.07, 6.45) is 8.49. The van der Waals surface area contributed by atoms with E-state index in [1.165, 1.54) is 6.92 Å². The van der Waals surface area contributed by atoms with Crippen molar-refractivity contribution >= 4 is 29.2 Å². The number of amides is 2. The van der Waals surface area contributed by atoms with Crippen LogP contribution in [-0.4, -0.2) is 45.8 Å². The summed E-state index contributed by atoms with van der Waals surface area (Å²) in [4.78, 5) is 28.5. The lowest BCUT2D eigenvalue weighted by molar-refractivity contribution is -0.123. The number of fused-ring (bicyclic) bond motifs is 1. The number of pyridine rings is 1. The molecule has 1 fully saturated rings. The highest BCUT2D eigenvalue weighted by atomic mass is 35.5. The molecule has 1 aliphatic heterocycles. The van der Waals surface area contributed by atoms with Gasteiger partial charge in [-0.15, -0.1) is 0 Å². The number of hydrogen-bond acceptors (Lipinski definition) is 5. The Morgan fingerprint density at radius 3 is 2.84 bits per heavy atom. The van der Waals surface area contributed by atoms with E-state index in [2.05, 4.69) is 20.7 Å². The van der Waals surface area contributed by atoms with Gasteiger partial charge >= 0.3 is 0 Å². The molecule has 31 heavy (non-hydrogen) atoms. The molecule has 2 amide bonds. The maximum Gasteiger partial charge on any atom is 0.228 e. The third-order valence-electron chi connectivity index (χ3n) is 6.22. The number of nitrogens with one attached hydrogen (secondary N) is 2. The highest BCUT2D eigenvalue weighted by Crippen LogP contribution is 2.34. The van der Waals surface area contributed by atoms with Crippen molar-refractivity contribution in [2.75, 3.05) is 12.4 Å². The Morgan fingerprint density at radius 2 is 2.06 bits per heavy atom. The minimum atomic E-state index is -0.155. The summed E-state index contributed by atoms with van der Waals surface area (Å²) >= 11 is 6.47. The molecule has 0 bridgehead atoms. The van der Waals surface area contributed by atoms with Crippen molar-refractivity contribution in [3.8, 4) is 11.1 Å². The van der Waals surface area contributed by atoms with E-state index in [9.17, 15) is 9.59 Å². The average molecular weight is 446 g/mol. The SMILES string of the molecule is COC1CCn2ncc(-c3cc(NC(=O)[C@H]4CCC[C@@H](NC(C)=O)C4)ncc3Cl)c2C1. The van der Waals surface area contributed by atoms with E-state index in [0.29, 0.717) is 17.3 Å². The van der Waals surface area contributed by atoms with E-state index >= 15 is 0 Å². The molecule has 4 rings (SSSR count). The van der Waals surface area contributed by atoms with Crippen LogP contribution >= 0.6 is 11.6 Å². The van der Waals surface area contributed by atoms with Crippen LogP contribution in [0, 0.1) is 5.92 Å². The molecule has 2 aromatic heterocycles. The number of ether oxygens (including phenoxy) is 1. The van der Waals surface area contributed by atoms with Gasteiger partial charge in [0.05, 0.1) is 17.3 Å². The van der Waals surface area contributed by atoms with Gasteiger partial charge in [-0.2, -0.15) is 5.10 Å². The third kappa shape index (κ3) is 4.91. The van der Waals surface area contributed by atoms with Crippen molar-refractivity contribution in [3.63, 3.8) is 0 Å². The van der Waals surface area contributed by atoms with Crippen LogP contribution in [0.1, 0.15) is 44.7 Å². The quantitative estimate of drug-likeness (QED) is 0.736. The molecule has 0 aromatic carbocycles. The second kappa shape index (κ2) is 9.36. The van der Waals surface area contributed by atoms with Gasteiger partial charge in [-0.1, -0.05) is 18.0 Å². The molecule has 8 nitrogen and oxygen atoms in total. The Balaban J connectivity index is 1.51. The highest BCUT2D eigenvalue weighted by Gasteiger charge is 2.28. The normalized spacial score (nSPS) is 23.1. The monoisotopic (exact) mass is 445 g/mol. The van der Waals surface area contributed by atoms with Gasteiger partial charge in [-0.25, -0.2) is 4.98 Å². The second-order valence-corrected chi connectivity index (χ2v) is 8.79. The number of halogens is 1. The lowest BCUT2D eigenvalue weighted by Crippen LogP contribution is -2.40. The first kappa shape index (κ1) is 21.8. The fraction of sp³-hybridized carbons (Fsp3) is 0.545. The number of carbonyl (C=O) groups excluding carboxylic acids is 2. The van der Waals surface area contributed by atoms with Gasteiger partial charge in [0, 0.05) is 62.0 Å². The first-order chi connectivity index (χ1) is 14.9. The van der Waals surface area contributed by atoms with Crippen molar-refractivity contribution in [3.05, 3.63) is 29.2 Å². The molecule has 2 N–H and O–H groups in total. The molecule has 2 aromatic rings. The number of hydrogen-bond donors (Lipinski definition) is 2. The maximum absolute atomic E-state index is 12.9. The number of nitrogens with zero attached hydrogens (tertiary/aromatic N) is 3. The number of aryl methyl sites for hydroxylation is 1. The largest absolute Gasteiger partial charge is 0.381 e. The fourth-order valence-electron chi connectivity index (χ4n) is 4.62. The zero-order valence-corrected chi connectivity index (χ0v) is 18.6. The Hall–Kier alpha value is -2.45. The molecule has 166 valence electrons. The zero-order chi connectivity index (χ0) is 22.0. The van der Waals surface area contributed by atoms with Crippen molar-refractivity contribution in [1.29, 1.82) is 0 Å². The van der Waals surface area contributed by atoms with Crippen molar-refractivity contribution < 1.29 is 14.3 Å². The molecular formula is C22H28ClN5O3. The minimum absolute atomic E-state index is 0.0448. The predicted octanol–water partition coefficient (Wildman–Crippen LogP) is 3.19. The van der Waals surface area contributed by atoms with Crippen LogP contribution in [0.2, 0.25) is 5.02 Å². The molecular weight excluding hydrogens is 418 g/mol. The number of methoxy groups -OCH3 is 1. The van der Waals surface area contributed by atoms with Crippen molar-refractivity contribution in [2.24, 2.45) is 5.92 Å². The van der Waals surface area contributed by atoms with Gasteiger partial charge in [0.15, 0.2) is 0 Å². The van der Waals surface area contributed by atoms with Gasteiger partial charge in [0.2, 0.25) is 11.8 Å². The van der Waals surface area contributed by atoms with Crippen LogP contribution in [0.4, 0.5) is 5.82 Å². The van der Waals surface area contributed by atoms with Gasteiger partial charge in [-0.05, 0) is 31.7 Å². The molecule has 1 saturated carbocycles. The van der Waals surface area contributed by atoms with E-state index in [1.807, 2.05) is 16.9 Å². The summed E-state index contributed by atoms with van der Waals surface area (Å²) in [5.74, 6) is 0.172. The summed E-state index contributed by atoms with van der Waals surface area (Å²) in [5, 5.41) is 10.9. The van der Waals surface area contributed by atoms with Gasteiger partial charge in [-0.3, -0.25) is 14.3 Å². The first-order valence-electron chi connectivity index (χ1n) is 10.8. The van der Waals surface area contributed by atoms with Gasteiger partial charge in [0.25, 0.3) is 0 Å².